The zero-order valence-corrected chi connectivity index (χ0v) is 20.4. The van der Waals surface area contributed by atoms with Gasteiger partial charge in [0.05, 0.1) is 18.0 Å². The first-order chi connectivity index (χ1) is 14.3. The minimum absolute atomic E-state index is 0.00976. The molecule has 1 aliphatic carbocycles. The largest absolute Gasteiger partial charge is 0.349 e. The highest BCUT2D eigenvalue weighted by Gasteiger charge is 2.45. The fraction of sp³-hybridized carbons (Fsp3) is 0.478. The molecule has 1 amide bonds. The van der Waals surface area contributed by atoms with Gasteiger partial charge in [-0.15, -0.1) is 0 Å². The van der Waals surface area contributed by atoms with Crippen LogP contribution in [-0.4, -0.2) is 25.6 Å². The van der Waals surface area contributed by atoms with Crippen LogP contribution in [0, 0.1) is 12.8 Å². The van der Waals surface area contributed by atoms with Gasteiger partial charge in [-0.3, -0.25) is 9.52 Å². The summed E-state index contributed by atoms with van der Waals surface area (Å²) in [7, 11) is -3.34. The van der Waals surface area contributed by atoms with Crippen molar-refractivity contribution in [3.05, 3.63) is 57.9 Å². The van der Waals surface area contributed by atoms with E-state index in [0.717, 1.165) is 35.1 Å². The highest BCUT2D eigenvalue weighted by atomic mass is 35.5. The molecule has 0 radical (unpaired) electrons. The Morgan fingerprint density at radius 2 is 1.90 bits per heavy atom. The van der Waals surface area contributed by atoms with Crippen LogP contribution >= 0.6 is 11.6 Å². The monoisotopic (exact) mass is 463 g/mol. The summed E-state index contributed by atoms with van der Waals surface area (Å²) in [4.78, 5) is 17.3. The first-order valence-corrected chi connectivity index (χ1v) is 12.6. The Morgan fingerprint density at radius 1 is 1.23 bits per heavy atom. The molecule has 31 heavy (non-hydrogen) atoms. The van der Waals surface area contributed by atoms with Gasteiger partial charge in [-0.25, -0.2) is 13.4 Å². The van der Waals surface area contributed by atoms with Crippen molar-refractivity contribution in [1.82, 2.24) is 10.3 Å². The highest BCUT2D eigenvalue weighted by molar-refractivity contribution is 7.92. The molecule has 1 heterocycles. The van der Waals surface area contributed by atoms with E-state index in [1.807, 2.05) is 38.1 Å². The Kier molecular flexibility index (Phi) is 6.40. The summed E-state index contributed by atoms with van der Waals surface area (Å²) in [5.74, 6) is -0.0387. The number of aryl methyl sites for hydroxylation is 1. The van der Waals surface area contributed by atoms with Crippen molar-refractivity contribution in [2.24, 2.45) is 5.92 Å². The number of aromatic nitrogens is 1. The molecular weight excluding hydrogens is 434 g/mol. The molecule has 168 valence electrons. The summed E-state index contributed by atoms with van der Waals surface area (Å²) in [6, 6.07) is 9.21. The van der Waals surface area contributed by atoms with Gasteiger partial charge in [0.2, 0.25) is 15.9 Å². The molecule has 1 aromatic heterocycles. The number of carbonyl (C=O) groups is 1. The molecule has 0 saturated heterocycles. The summed E-state index contributed by atoms with van der Waals surface area (Å²) in [5, 5.41) is 3.54. The molecule has 2 aromatic rings. The van der Waals surface area contributed by atoms with Crippen LogP contribution in [-0.2, 0) is 20.2 Å². The van der Waals surface area contributed by atoms with Crippen LogP contribution in [0.3, 0.4) is 0 Å². The van der Waals surface area contributed by atoms with Crippen molar-refractivity contribution in [3.63, 3.8) is 0 Å². The Labute approximate surface area is 189 Å². The molecule has 1 saturated carbocycles. The summed E-state index contributed by atoms with van der Waals surface area (Å²) < 4.78 is 25.4. The van der Waals surface area contributed by atoms with E-state index in [1.54, 1.807) is 6.07 Å². The molecule has 1 aromatic carbocycles. The van der Waals surface area contributed by atoms with Crippen LogP contribution in [0.1, 0.15) is 68.5 Å². The van der Waals surface area contributed by atoms with Gasteiger partial charge in [-0.2, -0.15) is 0 Å². The molecule has 6 nitrogen and oxygen atoms in total. The third-order valence-corrected chi connectivity index (χ3v) is 6.47. The van der Waals surface area contributed by atoms with E-state index in [2.05, 4.69) is 35.8 Å². The molecule has 8 heteroatoms. The van der Waals surface area contributed by atoms with Gasteiger partial charge >= 0.3 is 0 Å². The summed E-state index contributed by atoms with van der Waals surface area (Å²) in [5.41, 5.74) is 4.02. The lowest BCUT2D eigenvalue weighted by atomic mass is 9.91. The lowest BCUT2D eigenvalue weighted by molar-refractivity contribution is -0.123. The maximum Gasteiger partial charge on any atom is 0.229 e. The topological polar surface area (TPSA) is 88.2 Å². The number of rotatable bonds is 6. The number of pyridine rings is 1. The second kappa shape index (κ2) is 8.43. The minimum atomic E-state index is -3.34. The number of nitrogens with zero attached hydrogens (tertiary/aromatic N) is 1. The first kappa shape index (κ1) is 23.5. The molecule has 2 N–H and O–H groups in total. The molecule has 1 aliphatic rings. The van der Waals surface area contributed by atoms with Gasteiger partial charge in [0, 0.05) is 17.0 Å². The number of amides is 1. The molecular formula is C23H30ClN3O3S. The standard InChI is InChI=1S/C23H30ClN3O3S/c1-13-11-15(7-9-19(13)27-31(6,29)30)14(2)25-22(28)18-12-17(18)16-8-10-20(23(3,4)5)26-21(16)24/h7-11,14,17-18,27H,12H2,1-6H3,(H,25,28). The fourth-order valence-electron chi connectivity index (χ4n) is 3.64. The number of nitrogens with one attached hydrogen (secondary N) is 2. The second-order valence-electron chi connectivity index (χ2n) is 9.45. The van der Waals surface area contributed by atoms with Gasteiger partial charge < -0.3 is 5.32 Å². The first-order valence-electron chi connectivity index (χ1n) is 10.3. The SMILES string of the molecule is Cc1cc(C(C)NC(=O)C2CC2c2ccc(C(C)(C)C)nc2Cl)ccc1NS(C)(=O)=O. The zero-order chi connectivity index (χ0) is 23.1. The van der Waals surface area contributed by atoms with Crippen LogP contribution in [0.2, 0.25) is 5.15 Å². The van der Waals surface area contributed by atoms with E-state index in [9.17, 15) is 13.2 Å². The van der Waals surface area contributed by atoms with E-state index in [-0.39, 0.29) is 29.2 Å². The van der Waals surface area contributed by atoms with E-state index in [4.69, 9.17) is 11.6 Å². The summed E-state index contributed by atoms with van der Waals surface area (Å²) in [6.07, 6.45) is 1.87. The smallest absolute Gasteiger partial charge is 0.229 e. The second-order valence-corrected chi connectivity index (χ2v) is 11.6. The molecule has 0 bridgehead atoms. The van der Waals surface area contributed by atoms with Crippen molar-refractivity contribution in [2.75, 3.05) is 11.0 Å². The van der Waals surface area contributed by atoms with Gasteiger partial charge in [0.15, 0.2) is 0 Å². The Morgan fingerprint density at radius 3 is 2.45 bits per heavy atom. The third kappa shape index (κ3) is 5.77. The van der Waals surface area contributed by atoms with E-state index in [1.165, 1.54) is 0 Å². The van der Waals surface area contributed by atoms with Crippen LogP contribution in [0.5, 0.6) is 0 Å². The number of hydrogen-bond acceptors (Lipinski definition) is 4. The van der Waals surface area contributed by atoms with Crippen molar-refractivity contribution >= 4 is 33.2 Å². The van der Waals surface area contributed by atoms with Crippen molar-refractivity contribution in [2.45, 2.75) is 58.4 Å². The Bertz CT molecular complexity index is 1110. The summed E-state index contributed by atoms with van der Waals surface area (Å²) >= 11 is 6.43. The molecule has 3 atom stereocenters. The number of carbonyl (C=O) groups excluding carboxylic acids is 1. The quantitative estimate of drug-likeness (QED) is 0.608. The van der Waals surface area contributed by atoms with Crippen molar-refractivity contribution in [1.29, 1.82) is 0 Å². The van der Waals surface area contributed by atoms with Crippen molar-refractivity contribution < 1.29 is 13.2 Å². The van der Waals surface area contributed by atoms with Gasteiger partial charge in [-0.1, -0.05) is 50.6 Å². The lowest BCUT2D eigenvalue weighted by Gasteiger charge is -2.19. The summed E-state index contributed by atoms with van der Waals surface area (Å²) in [6.45, 7) is 10.0. The Hall–Kier alpha value is -2.12. The van der Waals surface area contributed by atoms with Gasteiger partial charge in [-0.05, 0) is 55.0 Å². The average Bonchev–Trinajstić information content (AvgIpc) is 3.42. The van der Waals surface area contributed by atoms with E-state index in [0.29, 0.717) is 10.8 Å². The van der Waals surface area contributed by atoms with Crippen LogP contribution in [0.4, 0.5) is 5.69 Å². The van der Waals surface area contributed by atoms with E-state index < -0.39 is 10.0 Å². The number of benzene rings is 1. The van der Waals surface area contributed by atoms with Gasteiger partial charge in [0.25, 0.3) is 0 Å². The predicted molar refractivity (Wildman–Crippen MR) is 125 cm³/mol. The molecule has 1 fully saturated rings. The van der Waals surface area contributed by atoms with Gasteiger partial charge in [0.1, 0.15) is 5.15 Å². The number of anilines is 1. The average molecular weight is 464 g/mol. The highest BCUT2D eigenvalue weighted by Crippen LogP contribution is 2.49. The molecule has 0 aliphatic heterocycles. The minimum Gasteiger partial charge on any atom is -0.349 e. The normalized spacial score (nSPS) is 19.6. The molecule has 3 unspecified atom stereocenters. The zero-order valence-electron chi connectivity index (χ0n) is 18.8. The molecule has 3 rings (SSSR count). The van der Waals surface area contributed by atoms with Crippen LogP contribution < -0.4 is 10.0 Å². The number of hydrogen-bond donors (Lipinski definition) is 2. The lowest BCUT2D eigenvalue weighted by Crippen LogP contribution is -2.28. The number of sulfonamides is 1. The Balaban J connectivity index is 1.65. The third-order valence-electron chi connectivity index (χ3n) is 5.58. The maximum atomic E-state index is 12.8. The van der Waals surface area contributed by atoms with Crippen LogP contribution in [0.15, 0.2) is 30.3 Å². The van der Waals surface area contributed by atoms with E-state index >= 15 is 0 Å². The molecule has 0 spiro atoms. The van der Waals surface area contributed by atoms with Crippen LogP contribution in [0.25, 0.3) is 0 Å². The predicted octanol–water partition coefficient (Wildman–Crippen LogP) is 4.69. The fourth-order valence-corrected chi connectivity index (χ4v) is 4.56. The maximum absolute atomic E-state index is 12.8. The number of halogens is 1. The van der Waals surface area contributed by atoms with Crippen molar-refractivity contribution in [3.8, 4) is 0 Å².